The van der Waals surface area contributed by atoms with Crippen molar-refractivity contribution in [3.8, 4) is 0 Å². The summed E-state index contributed by atoms with van der Waals surface area (Å²) < 4.78 is 15.4. The molecule has 2 aromatic rings. The van der Waals surface area contributed by atoms with Crippen LogP contribution in [0.4, 0.5) is 0 Å². The zero-order chi connectivity index (χ0) is 18.4. The van der Waals surface area contributed by atoms with Crippen molar-refractivity contribution in [1.29, 1.82) is 0 Å². The predicted molar refractivity (Wildman–Crippen MR) is 93.0 cm³/mol. The van der Waals surface area contributed by atoms with Gasteiger partial charge in [-0.1, -0.05) is 17.2 Å². The second-order valence-corrected chi connectivity index (χ2v) is 6.69. The highest BCUT2D eigenvalue weighted by molar-refractivity contribution is 4.88. The summed E-state index contributed by atoms with van der Waals surface area (Å²) >= 11 is 0. The molecular weight excluding hydrogens is 336 g/mol. The number of aromatic nitrogens is 4. The summed E-state index contributed by atoms with van der Waals surface area (Å²) in [5, 5.41) is 7.97. The first kappa shape index (κ1) is 18.9. The number of methoxy groups -OCH3 is 1. The third-order valence-corrected chi connectivity index (χ3v) is 4.77. The monoisotopic (exact) mass is 364 g/mol. The molecule has 9 heteroatoms. The van der Waals surface area contributed by atoms with Crippen LogP contribution >= 0.6 is 0 Å². The fourth-order valence-corrected chi connectivity index (χ4v) is 3.48. The molecule has 3 heterocycles. The summed E-state index contributed by atoms with van der Waals surface area (Å²) in [5.74, 6) is 2.64. The topological polar surface area (TPSA) is 93.6 Å². The van der Waals surface area contributed by atoms with Gasteiger partial charge in [-0.15, -0.1) is 0 Å². The molecule has 0 spiro atoms. The Kier molecular flexibility index (Phi) is 6.70. The predicted octanol–water partition coefficient (Wildman–Crippen LogP) is 1.78. The number of rotatable bonds is 8. The summed E-state index contributed by atoms with van der Waals surface area (Å²) in [6.07, 6.45) is 3.41. The second-order valence-electron chi connectivity index (χ2n) is 6.69. The lowest BCUT2D eigenvalue weighted by molar-refractivity contribution is 0.168. The molecule has 9 nitrogen and oxygen atoms in total. The van der Waals surface area contributed by atoms with E-state index >= 15 is 0 Å². The number of ether oxygens (including phenoxy) is 1. The van der Waals surface area contributed by atoms with Gasteiger partial charge >= 0.3 is 0 Å². The van der Waals surface area contributed by atoms with Crippen LogP contribution in [0.5, 0.6) is 0 Å². The van der Waals surface area contributed by atoms with E-state index in [4.69, 9.17) is 13.8 Å². The Labute approximate surface area is 153 Å². The van der Waals surface area contributed by atoms with Crippen molar-refractivity contribution in [3.05, 3.63) is 23.4 Å². The van der Waals surface area contributed by atoms with Gasteiger partial charge in [0.1, 0.15) is 6.61 Å². The Balaban J connectivity index is 1.52. The molecule has 1 atom stereocenters. The van der Waals surface area contributed by atoms with Crippen molar-refractivity contribution in [2.45, 2.75) is 58.8 Å². The van der Waals surface area contributed by atoms with Gasteiger partial charge < -0.3 is 13.8 Å². The largest absolute Gasteiger partial charge is 0.377 e. The molecule has 0 radical (unpaired) electrons. The van der Waals surface area contributed by atoms with E-state index in [1.165, 1.54) is 6.42 Å². The lowest BCUT2D eigenvalue weighted by Crippen LogP contribution is -2.36. The van der Waals surface area contributed by atoms with Crippen LogP contribution in [0.25, 0.3) is 0 Å². The Morgan fingerprint density at radius 3 is 2.73 bits per heavy atom. The van der Waals surface area contributed by atoms with Gasteiger partial charge in [0, 0.05) is 26.6 Å². The highest BCUT2D eigenvalue weighted by atomic mass is 16.5. The van der Waals surface area contributed by atoms with Gasteiger partial charge in [-0.25, -0.2) is 0 Å². The Hall–Kier alpha value is -1.84. The van der Waals surface area contributed by atoms with E-state index in [2.05, 4.69) is 37.0 Å². The molecule has 1 saturated heterocycles. The SMILES string of the molecule is CCN(Cc1noc(C)n1)[C@@H]1CCCN(Cc2nc(COC)no2)CC1. The summed E-state index contributed by atoms with van der Waals surface area (Å²) in [6, 6.07) is 0.524. The quantitative estimate of drug-likeness (QED) is 0.694. The third-order valence-electron chi connectivity index (χ3n) is 4.77. The summed E-state index contributed by atoms with van der Waals surface area (Å²) in [6.45, 7) is 8.85. The van der Waals surface area contributed by atoms with Crippen LogP contribution in [0, 0.1) is 6.92 Å². The van der Waals surface area contributed by atoms with Crippen molar-refractivity contribution >= 4 is 0 Å². The highest BCUT2D eigenvalue weighted by Crippen LogP contribution is 2.19. The Morgan fingerprint density at radius 1 is 1.15 bits per heavy atom. The van der Waals surface area contributed by atoms with Gasteiger partial charge in [0.25, 0.3) is 0 Å². The van der Waals surface area contributed by atoms with E-state index in [0.717, 1.165) is 44.8 Å². The molecule has 26 heavy (non-hydrogen) atoms. The molecular formula is C17H28N6O3. The van der Waals surface area contributed by atoms with Crippen molar-refractivity contribution in [1.82, 2.24) is 30.1 Å². The van der Waals surface area contributed by atoms with E-state index < -0.39 is 0 Å². The van der Waals surface area contributed by atoms with Crippen LogP contribution in [0.1, 0.15) is 49.6 Å². The van der Waals surface area contributed by atoms with E-state index in [0.29, 0.717) is 36.8 Å². The fourth-order valence-electron chi connectivity index (χ4n) is 3.48. The molecule has 0 aliphatic carbocycles. The maximum absolute atomic E-state index is 5.32. The first-order valence-corrected chi connectivity index (χ1v) is 9.24. The van der Waals surface area contributed by atoms with Gasteiger partial charge in [-0.2, -0.15) is 9.97 Å². The zero-order valence-corrected chi connectivity index (χ0v) is 15.8. The highest BCUT2D eigenvalue weighted by Gasteiger charge is 2.24. The maximum Gasteiger partial charge on any atom is 0.240 e. The standard InChI is InChI=1S/C17H28N6O3/c1-4-23(10-15-18-13(2)25-20-15)14-6-5-8-22(9-7-14)11-17-19-16(12-24-3)21-26-17/h14H,4-12H2,1-3H3/t14-/m1/s1. The average molecular weight is 364 g/mol. The first-order valence-electron chi connectivity index (χ1n) is 9.24. The molecule has 2 aromatic heterocycles. The van der Waals surface area contributed by atoms with Crippen molar-refractivity contribution < 1.29 is 13.8 Å². The molecule has 1 aliphatic rings. The van der Waals surface area contributed by atoms with Gasteiger partial charge in [0.15, 0.2) is 11.6 Å². The van der Waals surface area contributed by atoms with Crippen molar-refractivity contribution in [3.63, 3.8) is 0 Å². The van der Waals surface area contributed by atoms with Crippen LogP contribution in [-0.4, -0.2) is 62.9 Å². The minimum Gasteiger partial charge on any atom is -0.377 e. The molecule has 0 amide bonds. The zero-order valence-electron chi connectivity index (χ0n) is 15.8. The minimum absolute atomic E-state index is 0.382. The number of hydrogen-bond acceptors (Lipinski definition) is 9. The lowest BCUT2D eigenvalue weighted by Gasteiger charge is -2.28. The van der Waals surface area contributed by atoms with Crippen LogP contribution < -0.4 is 0 Å². The molecule has 1 fully saturated rings. The van der Waals surface area contributed by atoms with E-state index in [9.17, 15) is 0 Å². The molecule has 0 unspecified atom stereocenters. The van der Waals surface area contributed by atoms with Gasteiger partial charge in [-0.05, 0) is 32.4 Å². The number of hydrogen-bond donors (Lipinski definition) is 0. The summed E-state index contributed by atoms with van der Waals surface area (Å²) in [7, 11) is 1.63. The normalized spacial score (nSPS) is 19.2. The van der Waals surface area contributed by atoms with Gasteiger partial charge in [-0.3, -0.25) is 9.80 Å². The van der Waals surface area contributed by atoms with Gasteiger partial charge in [0.05, 0.1) is 13.1 Å². The molecule has 0 aromatic carbocycles. The fraction of sp³-hybridized carbons (Fsp3) is 0.765. The molecule has 1 aliphatic heterocycles. The second kappa shape index (κ2) is 9.20. The number of aryl methyl sites for hydroxylation is 1. The van der Waals surface area contributed by atoms with Crippen LogP contribution in [0.2, 0.25) is 0 Å². The first-order chi connectivity index (χ1) is 12.7. The summed E-state index contributed by atoms with van der Waals surface area (Å²) in [5.41, 5.74) is 0. The minimum atomic E-state index is 0.382. The lowest BCUT2D eigenvalue weighted by atomic mass is 10.1. The summed E-state index contributed by atoms with van der Waals surface area (Å²) in [4.78, 5) is 13.5. The molecule has 0 saturated carbocycles. The van der Waals surface area contributed by atoms with E-state index in [1.54, 1.807) is 7.11 Å². The van der Waals surface area contributed by atoms with Crippen LogP contribution in [0.15, 0.2) is 9.05 Å². The van der Waals surface area contributed by atoms with E-state index in [-0.39, 0.29) is 0 Å². The maximum atomic E-state index is 5.32. The Bertz CT molecular complexity index is 673. The third kappa shape index (κ3) is 5.09. The van der Waals surface area contributed by atoms with Crippen molar-refractivity contribution in [2.75, 3.05) is 26.7 Å². The van der Waals surface area contributed by atoms with Crippen LogP contribution in [0.3, 0.4) is 0 Å². The molecule has 144 valence electrons. The van der Waals surface area contributed by atoms with Crippen LogP contribution in [-0.2, 0) is 24.4 Å². The van der Waals surface area contributed by atoms with Crippen molar-refractivity contribution in [2.24, 2.45) is 0 Å². The van der Waals surface area contributed by atoms with Gasteiger partial charge in [0.2, 0.25) is 11.8 Å². The Morgan fingerprint density at radius 2 is 2.00 bits per heavy atom. The average Bonchev–Trinajstić information content (AvgIpc) is 3.17. The smallest absolute Gasteiger partial charge is 0.240 e. The molecule has 0 bridgehead atoms. The molecule has 3 rings (SSSR count). The van der Waals surface area contributed by atoms with E-state index in [1.807, 2.05) is 6.92 Å². The molecule has 0 N–H and O–H groups in total. The number of nitrogens with zero attached hydrogens (tertiary/aromatic N) is 6. The number of likely N-dealkylation sites (tertiary alicyclic amines) is 1.